The number of aliphatic imine (C=N–C) groups is 1. The normalized spacial score (nSPS) is 10.2. The summed E-state index contributed by atoms with van der Waals surface area (Å²) in [5, 5.41) is 0. The minimum atomic E-state index is 0.214. The highest BCUT2D eigenvalue weighted by Crippen LogP contribution is 2.09. The predicted molar refractivity (Wildman–Crippen MR) is 51.5 cm³/mol. The molecule has 0 amide bonds. The third kappa shape index (κ3) is 3.07. The molecule has 0 spiro atoms. The maximum Gasteiger partial charge on any atom is 0.141 e. The number of carbonyl (C=O) groups is 1. The molecular weight excluding hydrogens is 166 g/mol. The highest BCUT2D eigenvalue weighted by Gasteiger charge is 1.89. The van der Waals surface area contributed by atoms with Gasteiger partial charge in [0.1, 0.15) is 12.0 Å². The van der Waals surface area contributed by atoms with Crippen molar-refractivity contribution in [1.82, 2.24) is 0 Å². The van der Waals surface area contributed by atoms with E-state index in [0.29, 0.717) is 0 Å². The van der Waals surface area contributed by atoms with Crippen LogP contribution in [0.1, 0.15) is 5.56 Å². The van der Waals surface area contributed by atoms with Gasteiger partial charge in [0.15, 0.2) is 0 Å². The van der Waals surface area contributed by atoms with Crippen molar-refractivity contribution in [3.63, 3.8) is 0 Å². The van der Waals surface area contributed by atoms with E-state index in [1.54, 1.807) is 13.3 Å². The van der Waals surface area contributed by atoms with Crippen molar-refractivity contribution in [3.8, 4) is 5.75 Å². The Morgan fingerprint density at radius 1 is 1.38 bits per heavy atom. The van der Waals surface area contributed by atoms with Gasteiger partial charge in [0.05, 0.1) is 13.7 Å². The summed E-state index contributed by atoms with van der Waals surface area (Å²) in [5.74, 6) is 0.813. The SMILES string of the molecule is COc1ccc(C=NCC=O)cc1. The first kappa shape index (κ1) is 9.45. The summed E-state index contributed by atoms with van der Waals surface area (Å²) in [5.41, 5.74) is 0.961. The molecule has 3 nitrogen and oxygen atoms in total. The molecule has 0 atom stereocenters. The lowest BCUT2D eigenvalue weighted by molar-refractivity contribution is -0.106. The highest BCUT2D eigenvalue weighted by molar-refractivity contribution is 5.80. The second kappa shape index (κ2) is 5.09. The van der Waals surface area contributed by atoms with Gasteiger partial charge in [-0.15, -0.1) is 0 Å². The first-order chi connectivity index (χ1) is 6.36. The molecule has 1 aromatic rings. The third-order valence-corrected chi connectivity index (χ3v) is 1.54. The molecule has 0 saturated heterocycles. The number of carbonyl (C=O) groups excluding carboxylic acids is 1. The Labute approximate surface area is 77.1 Å². The van der Waals surface area contributed by atoms with E-state index in [2.05, 4.69) is 4.99 Å². The fourth-order valence-corrected chi connectivity index (χ4v) is 0.891. The molecule has 0 aliphatic heterocycles. The molecule has 0 aliphatic rings. The van der Waals surface area contributed by atoms with Crippen LogP contribution >= 0.6 is 0 Å². The molecule has 0 fully saturated rings. The smallest absolute Gasteiger partial charge is 0.141 e. The number of aldehydes is 1. The van der Waals surface area contributed by atoms with Crippen LogP contribution in [0.4, 0.5) is 0 Å². The summed E-state index contributed by atoms with van der Waals surface area (Å²) in [7, 11) is 1.62. The molecule has 1 rings (SSSR count). The standard InChI is InChI=1S/C10H11NO2/c1-13-10-4-2-9(3-5-10)8-11-6-7-12/h2-5,7-8H,6H2,1H3. The molecule has 3 heteroatoms. The molecule has 13 heavy (non-hydrogen) atoms. The molecule has 0 unspecified atom stereocenters. The lowest BCUT2D eigenvalue weighted by atomic mass is 10.2. The summed E-state index contributed by atoms with van der Waals surface area (Å²) in [4.78, 5) is 13.8. The van der Waals surface area contributed by atoms with Crippen molar-refractivity contribution < 1.29 is 9.53 Å². The minimum absolute atomic E-state index is 0.214. The number of ether oxygens (including phenoxy) is 1. The first-order valence-electron chi connectivity index (χ1n) is 3.94. The van der Waals surface area contributed by atoms with Crippen molar-refractivity contribution in [2.24, 2.45) is 4.99 Å². The van der Waals surface area contributed by atoms with Crippen LogP contribution in [0.15, 0.2) is 29.3 Å². The van der Waals surface area contributed by atoms with Crippen LogP contribution < -0.4 is 4.74 Å². The van der Waals surface area contributed by atoms with Crippen molar-refractivity contribution in [2.45, 2.75) is 0 Å². The van der Waals surface area contributed by atoms with Gasteiger partial charge in [-0.25, -0.2) is 0 Å². The Kier molecular flexibility index (Phi) is 3.70. The van der Waals surface area contributed by atoms with E-state index < -0.39 is 0 Å². The van der Waals surface area contributed by atoms with Crippen molar-refractivity contribution in [1.29, 1.82) is 0 Å². The Balaban J connectivity index is 2.63. The Hall–Kier alpha value is -1.64. The monoisotopic (exact) mass is 177 g/mol. The summed E-state index contributed by atoms with van der Waals surface area (Å²) < 4.78 is 4.99. The van der Waals surface area contributed by atoms with Gasteiger partial charge in [-0.05, 0) is 29.8 Å². The highest BCUT2D eigenvalue weighted by atomic mass is 16.5. The lowest BCUT2D eigenvalue weighted by Gasteiger charge is -1.98. The molecule has 0 N–H and O–H groups in total. The Morgan fingerprint density at radius 2 is 2.08 bits per heavy atom. The van der Waals surface area contributed by atoms with E-state index in [4.69, 9.17) is 4.74 Å². The summed E-state index contributed by atoms with van der Waals surface area (Å²) in [6.45, 7) is 0.214. The largest absolute Gasteiger partial charge is 0.497 e. The van der Waals surface area contributed by atoms with Crippen LogP contribution in [-0.2, 0) is 4.79 Å². The fraction of sp³-hybridized carbons (Fsp3) is 0.200. The average molecular weight is 177 g/mol. The quantitative estimate of drug-likeness (QED) is 0.513. The zero-order chi connectivity index (χ0) is 9.52. The van der Waals surface area contributed by atoms with Gasteiger partial charge in [0.25, 0.3) is 0 Å². The second-order valence-corrected chi connectivity index (χ2v) is 2.43. The molecule has 1 aromatic carbocycles. The maximum absolute atomic E-state index is 9.96. The first-order valence-corrected chi connectivity index (χ1v) is 3.94. The van der Waals surface area contributed by atoms with Gasteiger partial charge in [0.2, 0.25) is 0 Å². The molecule has 68 valence electrons. The fourth-order valence-electron chi connectivity index (χ4n) is 0.891. The number of methoxy groups -OCH3 is 1. The number of hydrogen-bond donors (Lipinski definition) is 0. The number of rotatable bonds is 4. The van der Waals surface area contributed by atoms with E-state index in [0.717, 1.165) is 17.6 Å². The van der Waals surface area contributed by atoms with E-state index in [1.807, 2.05) is 24.3 Å². The minimum Gasteiger partial charge on any atom is -0.497 e. The maximum atomic E-state index is 9.96. The average Bonchev–Trinajstić information content (AvgIpc) is 2.19. The number of hydrogen-bond acceptors (Lipinski definition) is 3. The van der Waals surface area contributed by atoms with Crippen LogP contribution in [-0.4, -0.2) is 26.2 Å². The third-order valence-electron chi connectivity index (χ3n) is 1.54. The van der Waals surface area contributed by atoms with E-state index in [9.17, 15) is 4.79 Å². The van der Waals surface area contributed by atoms with Gasteiger partial charge in [0, 0.05) is 6.21 Å². The molecular formula is C10H11NO2. The van der Waals surface area contributed by atoms with Crippen LogP contribution in [0.3, 0.4) is 0 Å². The van der Waals surface area contributed by atoms with Crippen LogP contribution in [0, 0.1) is 0 Å². The van der Waals surface area contributed by atoms with Crippen LogP contribution in [0.25, 0.3) is 0 Å². The molecule has 0 aliphatic carbocycles. The van der Waals surface area contributed by atoms with Gasteiger partial charge < -0.3 is 9.53 Å². The van der Waals surface area contributed by atoms with Crippen molar-refractivity contribution in [3.05, 3.63) is 29.8 Å². The Morgan fingerprint density at radius 3 is 2.62 bits per heavy atom. The van der Waals surface area contributed by atoms with Crippen LogP contribution in [0.5, 0.6) is 5.75 Å². The zero-order valence-electron chi connectivity index (χ0n) is 7.43. The van der Waals surface area contributed by atoms with Crippen LogP contribution in [0.2, 0.25) is 0 Å². The van der Waals surface area contributed by atoms with Gasteiger partial charge in [-0.1, -0.05) is 0 Å². The topological polar surface area (TPSA) is 38.7 Å². The summed E-state index contributed by atoms with van der Waals surface area (Å²) in [6, 6.07) is 7.46. The number of nitrogens with zero attached hydrogens (tertiary/aromatic N) is 1. The van der Waals surface area contributed by atoms with E-state index in [-0.39, 0.29) is 6.54 Å². The van der Waals surface area contributed by atoms with Gasteiger partial charge in [-0.3, -0.25) is 4.99 Å². The Bertz CT molecular complexity index is 290. The number of benzene rings is 1. The second-order valence-electron chi connectivity index (χ2n) is 2.43. The van der Waals surface area contributed by atoms with Gasteiger partial charge >= 0.3 is 0 Å². The van der Waals surface area contributed by atoms with E-state index in [1.165, 1.54) is 0 Å². The van der Waals surface area contributed by atoms with E-state index >= 15 is 0 Å². The molecule has 0 aromatic heterocycles. The molecule has 0 radical (unpaired) electrons. The van der Waals surface area contributed by atoms with Gasteiger partial charge in [-0.2, -0.15) is 0 Å². The van der Waals surface area contributed by atoms with Crippen molar-refractivity contribution in [2.75, 3.05) is 13.7 Å². The molecule has 0 bridgehead atoms. The zero-order valence-corrected chi connectivity index (χ0v) is 7.43. The molecule has 0 heterocycles. The van der Waals surface area contributed by atoms with Crippen molar-refractivity contribution >= 4 is 12.5 Å². The predicted octanol–water partition coefficient (Wildman–Crippen LogP) is 1.31. The summed E-state index contributed by atoms with van der Waals surface area (Å²) in [6.07, 6.45) is 2.42. The lowest BCUT2D eigenvalue weighted by Crippen LogP contribution is -1.86. The summed E-state index contributed by atoms with van der Waals surface area (Å²) >= 11 is 0. The molecule has 0 saturated carbocycles.